The standard InChI is InChI=1S/C14H15ClO/c1-16-14(10-4-5-10)13-8-11(15)6-7-12(13)9-2-3-9/h6-9H,2-5H2,1H3. The second-order valence-corrected chi connectivity index (χ2v) is 5.08. The summed E-state index contributed by atoms with van der Waals surface area (Å²) in [5.41, 5.74) is 4.08. The molecule has 0 saturated heterocycles. The molecule has 0 atom stereocenters. The molecule has 0 aromatic heterocycles. The number of hydrogen-bond donors (Lipinski definition) is 0. The van der Waals surface area contributed by atoms with Crippen molar-refractivity contribution < 1.29 is 4.74 Å². The van der Waals surface area contributed by atoms with Gasteiger partial charge in [0.1, 0.15) is 5.76 Å². The van der Waals surface area contributed by atoms with Gasteiger partial charge < -0.3 is 4.74 Å². The molecule has 0 bridgehead atoms. The Kier molecular flexibility index (Phi) is 2.44. The summed E-state index contributed by atoms with van der Waals surface area (Å²) in [7, 11) is 1.76. The lowest BCUT2D eigenvalue weighted by molar-refractivity contribution is 0.368. The highest BCUT2D eigenvalue weighted by Crippen LogP contribution is 2.46. The summed E-state index contributed by atoms with van der Waals surface area (Å²) in [5.74, 6) is 1.81. The number of allylic oxidation sites excluding steroid dienone is 1. The van der Waals surface area contributed by atoms with E-state index in [1.54, 1.807) is 7.11 Å². The molecule has 0 amide bonds. The highest BCUT2D eigenvalue weighted by Gasteiger charge is 2.29. The zero-order valence-corrected chi connectivity index (χ0v) is 10.2. The number of benzene rings is 1. The van der Waals surface area contributed by atoms with Gasteiger partial charge in [0.15, 0.2) is 0 Å². The molecule has 1 nitrogen and oxygen atoms in total. The van der Waals surface area contributed by atoms with E-state index >= 15 is 0 Å². The number of halogens is 1. The summed E-state index contributed by atoms with van der Waals surface area (Å²) in [6.45, 7) is 0. The van der Waals surface area contributed by atoms with Gasteiger partial charge in [-0.15, -0.1) is 0 Å². The molecular weight excluding hydrogens is 220 g/mol. The fraction of sp³-hybridized carbons (Fsp3) is 0.429. The van der Waals surface area contributed by atoms with Crippen molar-refractivity contribution in [2.75, 3.05) is 7.11 Å². The summed E-state index contributed by atoms with van der Waals surface area (Å²) >= 11 is 6.09. The van der Waals surface area contributed by atoms with Crippen molar-refractivity contribution in [1.82, 2.24) is 0 Å². The van der Waals surface area contributed by atoms with Crippen molar-refractivity contribution in [3.8, 4) is 0 Å². The quantitative estimate of drug-likeness (QED) is 0.706. The zero-order chi connectivity index (χ0) is 11.1. The van der Waals surface area contributed by atoms with Gasteiger partial charge in [0.2, 0.25) is 0 Å². The average Bonchev–Trinajstić information content (AvgIpc) is 3.14. The van der Waals surface area contributed by atoms with Crippen molar-refractivity contribution in [2.24, 2.45) is 0 Å². The van der Waals surface area contributed by atoms with Gasteiger partial charge in [-0.3, -0.25) is 0 Å². The fourth-order valence-corrected chi connectivity index (χ4v) is 2.38. The minimum atomic E-state index is 0.733. The van der Waals surface area contributed by atoms with Crippen LogP contribution in [-0.2, 0) is 4.74 Å². The van der Waals surface area contributed by atoms with Gasteiger partial charge in [0.25, 0.3) is 0 Å². The maximum atomic E-state index is 6.09. The van der Waals surface area contributed by atoms with Gasteiger partial charge in [-0.2, -0.15) is 0 Å². The summed E-state index contributed by atoms with van der Waals surface area (Å²) in [4.78, 5) is 0. The lowest BCUT2D eigenvalue weighted by Crippen LogP contribution is -1.94. The van der Waals surface area contributed by atoms with Crippen molar-refractivity contribution in [1.29, 1.82) is 0 Å². The third-order valence-electron chi connectivity index (χ3n) is 3.30. The first kappa shape index (κ1) is 10.2. The molecule has 1 aromatic rings. The number of methoxy groups -OCH3 is 1. The lowest BCUT2D eigenvalue weighted by Gasteiger charge is -2.12. The Bertz CT molecular complexity index is 452. The lowest BCUT2D eigenvalue weighted by atomic mass is 10.0. The first-order valence-electron chi connectivity index (χ1n) is 5.85. The Morgan fingerprint density at radius 1 is 1.31 bits per heavy atom. The van der Waals surface area contributed by atoms with Crippen LogP contribution >= 0.6 is 11.6 Å². The average molecular weight is 235 g/mol. The van der Waals surface area contributed by atoms with Crippen molar-refractivity contribution in [3.63, 3.8) is 0 Å². The third-order valence-corrected chi connectivity index (χ3v) is 3.54. The molecule has 2 aliphatic carbocycles. The Morgan fingerprint density at radius 2 is 2.06 bits per heavy atom. The molecule has 0 unspecified atom stereocenters. The number of ether oxygens (including phenoxy) is 1. The molecule has 2 heteroatoms. The zero-order valence-electron chi connectivity index (χ0n) is 9.42. The minimum Gasteiger partial charge on any atom is -0.496 e. The monoisotopic (exact) mass is 234 g/mol. The van der Waals surface area contributed by atoms with Crippen LogP contribution in [0.1, 0.15) is 42.7 Å². The highest BCUT2D eigenvalue weighted by molar-refractivity contribution is 6.30. The van der Waals surface area contributed by atoms with E-state index in [1.165, 1.54) is 42.4 Å². The van der Waals surface area contributed by atoms with Gasteiger partial charge in [-0.05, 0) is 54.9 Å². The smallest absolute Gasteiger partial charge is 0.125 e. The van der Waals surface area contributed by atoms with Crippen molar-refractivity contribution in [2.45, 2.75) is 31.6 Å². The Labute approximate surface area is 101 Å². The summed E-state index contributed by atoms with van der Waals surface area (Å²) < 4.78 is 5.55. The normalized spacial score (nSPS) is 18.5. The van der Waals surface area contributed by atoms with Crippen LogP contribution in [0, 0.1) is 0 Å². The van der Waals surface area contributed by atoms with E-state index < -0.39 is 0 Å². The van der Waals surface area contributed by atoms with Crippen LogP contribution in [0.4, 0.5) is 0 Å². The minimum absolute atomic E-state index is 0.733. The van der Waals surface area contributed by atoms with Gasteiger partial charge in [-0.1, -0.05) is 17.7 Å². The molecule has 0 radical (unpaired) electrons. The van der Waals surface area contributed by atoms with Crippen LogP contribution in [0.5, 0.6) is 0 Å². The molecular formula is C14H15ClO. The summed E-state index contributed by atoms with van der Waals surface area (Å²) in [6.07, 6.45) is 4.97. The predicted octanol–water partition coefficient (Wildman–Crippen LogP) is 4.37. The summed E-state index contributed by atoms with van der Waals surface area (Å²) in [6, 6.07) is 6.21. The van der Waals surface area contributed by atoms with Crippen LogP contribution in [0.15, 0.2) is 23.8 Å². The van der Waals surface area contributed by atoms with E-state index in [-0.39, 0.29) is 0 Å². The van der Waals surface area contributed by atoms with Crippen LogP contribution < -0.4 is 0 Å². The van der Waals surface area contributed by atoms with Gasteiger partial charge in [0, 0.05) is 10.6 Å². The summed E-state index contributed by atoms with van der Waals surface area (Å²) in [5, 5.41) is 0.801. The second kappa shape index (κ2) is 3.81. The van der Waals surface area contributed by atoms with Gasteiger partial charge >= 0.3 is 0 Å². The Balaban J connectivity index is 2.09. The van der Waals surface area contributed by atoms with Crippen LogP contribution in [0.25, 0.3) is 5.76 Å². The first-order valence-corrected chi connectivity index (χ1v) is 6.23. The second-order valence-electron chi connectivity index (χ2n) is 4.64. The van der Waals surface area contributed by atoms with Crippen LogP contribution in [0.3, 0.4) is 0 Å². The molecule has 0 heterocycles. The van der Waals surface area contributed by atoms with Crippen molar-refractivity contribution in [3.05, 3.63) is 39.9 Å². The maximum absolute atomic E-state index is 6.09. The van der Waals surface area contributed by atoms with Crippen LogP contribution in [0.2, 0.25) is 5.02 Å². The van der Waals surface area contributed by atoms with Crippen molar-refractivity contribution >= 4 is 17.4 Å². The SMILES string of the molecule is COC(=C1CC1)c1cc(Cl)ccc1C1CC1. The van der Waals surface area contributed by atoms with E-state index in [0.29, 0.717) is 0 Å². The van der Waals surface area contributed by atoms with E-state index in [1.807, 2.05) is 6.07 Å². The topological polar surface area (TPSA) is 9.23 Å². The largest absolute Gasteiger partial charge is 0.496 e. The number of hydrogen-bond acceptors (Lipinski definition) is 1. The third kappa shape index (κ3) is 1.84. The molecule has 2 fully saturated rings. The molecule has 0 spiro atoms. The molecule has 2 saturated carbocycles. The Hall–Kier alpha value is -0.950. The van der Waals surface area contributed by atoms with E-state index in [2.05, 4.69) is 12.1 Å². The number of rotatable bonds is 3. The van der Waals surface area contributed by atoms with E-state index in [4.69, 9.17) is 16.3 Å². The predicted molar refractivity (Wildman–Crippen MR) is 66.6 cm³/mol. The maximum Gasteiger partial charge on any atom is 0.125 e. The van der Waals surface area contributed by atoms with E-state index in [9.17, 15) is 0 Å². The molecule has 2 aliphatic rings. The fourth-order valence-electron chi connectivity index (χ4n) is 2.21. The molecule has 16 heavy (non-hydrogen) atoms. The molecule has 1 aromatic carbocycles. The first-order chi connectivity index (χ1) is 7.79. The van der Waals surface area contributed by atoms with E-state index in [0.717, 1.165) is 16.7 Å². The highest BCUT2D eigenvalue weighted by atomic mass is 35.5. The molecule has 3 rings (SSSR count). The molecule has 0 N–H and O–H groups in total. The van der Waals surface area contributed by atoms with Gasteiger partial charge in [-0.25, -0.2) is 0 Å². The van der Waals surface area contributed by atoms with Gasteiger partial charge in [0.05, 0.1) is 7.11 Å². The van der Waals surface area contributed by atoms with Crippen LogP contribution in [-0.4, -0.2) is 7.11 Å². The molecule has 0 aliphatic heterocycles. The Morgan fingerprint density at radius 3 is 2.62 bits per heavy atom. The molecule has 84 valence electrons.